The lowest BCUT2D eigenvalue weighted by atomic mass is 10.0. The number of carbonyl (C=O) groups excluding carboxylic acids is 1. The second-order valence-electron chi connectivity index (χ2n) is 10.2. The molecule has 0 spiro atoms. The van der Waals surface area contributed by atoms with Crippen molar-refractivity contribution in [3.63, 3.8) is 0 Å². The highest BCUT2D eigenvalue weighted by Gasteiger charge is 2.22. The lowest BCUT2D eigenvalue weighted by molar-refractivity contribution is 0.0698. The third kappa shape index (κ3) is 6.94. The zero-order valence-electron chi connectivity index (χ0n) is 23.3. The maximum absolute atomic E-state index is 13.8. The third-order valence-corrected chi connectivity index (χ3v) is 7.33. The lowest BCUT2D eigenvalue weighted by Gasteiger charge is -2.36. The highest BCUT2D eigenvalue weighted by molar-refractivity contribution is 6.10. The largest absolute Gasteiger partial charge is 0.488 e. The van der Waals surface area contributed by atoms with E-state index in [9.17, 15) is 14.7 Å². The summed E-state index contributed by atoms with van der Waals surface area (Å²) in [5, 5.41) is 12.7. The van der Waals surface area contributed by atoms with Crippen molar-refractivity contribution in [1.82, 2.24) is 4.90 Å². The van der Waals surface area contributed by atoms with Crippen molar-refractivity contribution in [2.45, 2.75) is 20.0 Å². The van der Waals surface area contributed by atoms with Crippen LogP contribution in [0.15, 0.2) is 97.1 Å². The van der Waals surface area contributed by atoms with Gasteiger partial charge in [-0.1, -0.05) is 73.7 Å². The second kappa shape index (κ2) is 13.2. The standard InChI is InChI=1S/C34H35N3O4/c1-2-17-36-18-20-37(21-19-36)28-14-16-32(41-24-25-9-5-3-6-10-25)30(23-28)33(38)35-31-22-27(13-15-29(31)34(39)40)26-11-7-4-8-12-26/h3-16,22-23H,2,17-21,24H2,1H3,(H,35,38)(H,39,40). The van der Waals surface area contributed by atoms with E-state index in [2.05, 4.69) is 22.0 Å². The molecule has 0 aromatic heterocycles. The van der Waals surface area contributed by atoms with Crippen LogP contribution in [0, 0.1) is 0 Å². The molecule has 1 fully saturated rings. The van der Waals surface area contributed by atoms with Crippen molar-refractivity contribution in [1.29, 1.82) is 0 Å². The number of hydrogen-bond donors (Lipinski definition) is 2. The van der Waals surface area contributed by atoms with Gasteiger partial charge >= 0.3 is 5.97 Å². The molecule has 1 amide bonds. The van der Waals surface area contributed by atoms with Crippen molar-refractivity contribution in [3.05, 3.63) is 114 Å². The van der Waals surface area contributed by atoms with Crippen LogP contribution in [-0.2, 0) is 6.61 Å². The number of carboxylic acids is 1. The van der Waals surface area contributed by atoms with Crippen molar-refractivity contribution >= 4 is 23.3 Å². The summed E-state index contributed by atoms with van der Waals surface area (Å²) in [5.74, 6) is -1.10. The summed E-state index contributed by atoms with van der Waals surface area (Å²) in [7, 11) is 0. The number of rotatable bonds is 10. The van der Waals surface area contributed by atoms with Crippen LogP contribution in [0.3, 0.4) is 0 Å². The van der Waals surface area contributed by atoms with Gasteiger partial charge in [-0.15, -0.1) is 0 Å². The summed E-state index contributed by atoms with van der Waals surface area (Å²) in [6, 6.07) is 30.1. The number of benzene rings is 4. The van der Waals surface area contributed by atoms with Crippen molar-refractivity contribution < 1.29 is 19.4 Å². The fraction of sp³-hybridized carbons (Fsp3) is 0.235. The number of piperazine rings is 1. The highest BCUT2D eigenvalue weighted by Crippen LogP contribution is 2.30. The van der Waals surface area contributed by atoms with Crippen LogP contribution in [-0.4, -0.2) is 54.6 Å². The van der Waals surface area contributed by atoms with Gasteiger partial charge in [-0.05, 0) is 60.0 Å². The van der Waals surface area contributed by atoms with Crippen LogP contribution >= 0.6 is 0 Å². The first-order valence-corrected chi connectivity index (χ1v) is 14.0. The molecule has 0 aliphatic carbocycles. The lowest BCUT2D eigenvalue weighted by Crippen LogP contribution is -2.46. The molecule has 5 rings (SSSR count). The van der Waals surface area contributed by atoms with E-state index in [1.165, 1.54) is 6.07 Å². The first kappa shape index (κ1) is 27.9. The Morgan fingerprint density at radius 3 is 2.20 bits per heavy atom. The van der Waals surface area contributed by atoms with E-state index in [0.29, 0.717) is 17.9 Å². The SMILES string of the molecule is CCCN1CCN(c2ccc(OCc3ccccc3)c(C(=O)Nc3cc(-c4ccccc4)ccc3C(=O)O)c2)CC1. The number of ether oxygens (including phenoxy) is 1. The summed E-state index contributed by atoms with van der Waals surface area (Å²) >= 11 is 0. The minimum absolute atomic E-state index is 0.0213. The Morgan fingerprint density at radius 1 is 0.805 bits per heavy atom. The van der Waals surface area contributed by atoms with Crippen molar-refractivity contribution in [2.75, 3.05) is 42.9 Å². The number of nitrogens with one attached hydrogen (secondary N) is 1. The molecule has 0 saturated carbocycles. The molecule has 2 N–H and O–H groups in total. The molecular formula is C34H35N3O4. The summed E-state index contributed by atoms with van der Waals surface area (Å²) in [6.45, 7) is 7.26. The molecule has 4 aromatic carbocycles. The topological polar surface area (TPSA) is 82.1 Å². The van der Waals surface area contributed by atoms with Gasteiger partial charge in [0.15, 0.2) is 0 Å². The van der Waals surface area contributed by atoms with E-state index in [1.807, 2.05) is 78.9 Å². The average Bonchev–Trinajstić information content (AvgIpc) is 3.01. The molecule has 1 aliphatic heterocycles. The number of hydrogen-bond acceptors (Lipinski definition) is 5. The van der Waals surface area contributed by atoms with E-state index < -0.39 is 11.9 Å². The molecular weight excluding hydrogens is 514 g/mol. The van der Waals surface area contributed by atoms with Crippen molar-refractivity contribution in [2.24, 2.45) is 0 Å². The number of amides is 1. The fourth-order valence-electron chi connectivity index (χ4n) is 5.13. The first-order valence-electron chi connectivity index (χ1n) is 14.0. The molecule has 7 heteroatoms. The van der Waals surface area contributed by atoms with Crippen LogP contribution in [0.1, 0.15) is 39.6 Å². The van der Waals surface area contributed by atoms with Gasteiger partial charge in [0.2, 0.25) is 0 Å². The van der Waals surface area contributed by atoms with E-state index in [1.54, 1.807) is 12.1 Å². The zero-order valence-corrected chi connectivity index (χ0v) is 23.3. The average molecular weight is 550 g/mol. The molecule has 0 bridgehead atoms. The van der Waals surface area contributed by atoms with Gasteiger partial charge < -0.3 is 20.1 Å². The molecule has 7 nitrogen and oxygen atoms in total. The number of nitrogens with zero attached hydrogens (tertiary/aromatic N) is 2. The van der Waals surface area contributed by atoms with Crippen molar-refractivity contribution in [3.8, 4) is 16.9 Å². The van der Waals surface area contributed by atoms with Gasteiger partial charge in [-0.2, -0.15) is 0 Å². The second-order valence-corrected chi connectivity index (χ2v) is 10.2. The van der Waals surface area contributed by atoms with Crippen LogP contribution in [0.2, 0.25) is 0 Å². The first-order chi connectivity index (χ1) is 20.0. The normalized spacial score (nSPS) is 13.5. The van der Waals surface area contributed by atoms with Gasteiger partial charge in [0.1, 0.15) is 12.4 Å². The molecule has 210 valence electrons. The van der Waals surface area contributed by atoms with E-state index in [-0.39, 0.29) is 11.3 Å². The smallest absolute Gasteiger partial charge is 0.337 e. The quantitative estimate of drug-likeness (QED) is 0.238. The van der Waals surface area contributed by atoms with Gasteiger partial charge in [0.05, 0.1) is 16.8 Å². The Labute approximate surface area is 241 Å². The predicted octanol–water partition coefficient (Wildman–Crippen LogP) is 6.42. The van der Waals surface area contributed by atoms with Gasteiger partial charge in [0.25, 0.3) is 5.91 Å². The minimum Gasteiger partial charge on any atom is -0.488 e. The van der Waals surface area contributed by atoms with Crippen LogP contribution < -0.4 is 15.0 Å². The number of anilines is 2. The summed E-state index contributed by atoms with van der Waals surface area (Å²) in [6.07, 6.45) is 1.13. The van der Waals surface area contributed by atoms with Gasteiger partial charge in [-0.25, -0.2) is 4.79 Å². The highest BCUT2D eigenvalue weighted by atomic mass is 16.5. The van der Waals surface area contributed by atoms with Crippen LogP contribution in [0.5, 0.6) is 5.75 Å². The molecule has 4 aromatic rings. The molecule has 0 radical (unpaired) electrons. The summed E-state index contributed by atoms with van der Waals surface area (Å²) < 4.78 is 6.14. The maximum atomic E-state index is 13.8. The van der Waals surface area contributed by atoms with E-state index in [0.717, 1.165) is 61.5 Å². The zero-order chi connectivity index (χ0) is 28.6. The Hall–Kier alpha value is -4.62. The molecule has 1 heterocycles. The monoisotopic (exact) mass is 549 g/mol. The van der Waals surface area contributed by atoms with E-state index >= 15 is 0 Å². The molecule has 1 aliphatic rings. The molecule has 0 unspecified atom stereocenters. The number of aromatic carboxylic acids is 1. The summed E-state index contributed by atoms with van der Waals surface area (Å²) in [5.41, 5.74) is 4.27. The van der Waals surface area contributed by atoms with Crippen LogP contribution in [0.25, 0.3) is 11.1 Å². The Bertz CT molecular complexity index is 1480. The minimum atomic E-state index is -1.11. The Morgan fingerprint density at radius 2 is 1.51 bits per heavy atom. The number of carboxylic acid groups (broad SMARTS) is 1. The summed E-state index contributed by atoms with van der Waals surface area (Å²) in [4.78, 5) is 30.6. The van der Waals surface area contributed by atoms with Crippen LogP contribution in [0.4, 0.5) is 11.4 Å². The molecule has 1 saturated heterocycles. The van der Waals surface area contributed by atoms with Gasteiger partial charge in [-0.3, -0.25) is 9.69 Å². The predicted molar refractivity (Wildman–Crippen MR) is 163 cm³/mol. The Balaban J connectivity index is 1.45. The van der Waals surface area contributed by atoms with E-state index in [4.69, 9.17) is 4.74 Å². The number of carbonyl (C=O) groups is 2. The maximum Gasteiger partial charge on any atom is 0.337 e. The van der Waals surface area contributed by atoms with Gasteiger partial charge in [0, 0.05) is 31.9 Å². The molecule has 41 heavy (non-hydrogen) atoms. The molecule has 0 atom stereocenters. The fourth-order valence-corrected chi connectivity index (χ4v) is 5.13. The Kier molecular flexibility index (Phi) is 8.96. The third-order valence-electron chi connectivity index (χ3n) is 7.33.